The number of alkyl halides is 1. The van der Waals surface area contributed by atoms with Crippen molar-refractivity contribution in [2.24, 2.45) is 5.41 Å². The third kappa shape index (κ3) is 5.15. The summed E-state index contributed by atoms with van der Waals surface area (Å²) in [5.41, 5.74) is 0.0297. The van der Waals surface area contributed by atoms with Gasteiger partial charge in [0.25, 0.3) is 5.69 Å². The van der Waals surface area contributed by atoms with Crippen molar-refractivity contribution in [2.45, 2.75) is 39.5 Å². The van der Waals surface area contributed by atoms with E-state index < -0.39 is 4.92 Å². The van der Waals surface area contributed by atoms with Crippen molar-refractivity contribution < 1.29 is 9.66 Å². The van der Waals surface area contributed by atoms with Crippen LogP contribution in [0.1, 0.15) is 39.5 Å². The number of hydrogen-bond donors (Lipinski definition) is 0. The second-order valence-electron chi connectivity index (χ2n) is 5.29. The van der Waals surface area contributed by atoms with Crippen molar-refractivity contribution in [1.82, 2.24) is 0 Å². The largest absolute Gasteiger partial charge is 0.491 e. The molecule has 0 bridgehead atoms. The van der Waals surface area contributed by atoms with Crippen molar-refractivity contribution in [3.63, 3.8) is 0 Å². The summed E-state index contributed by atoms with van der Waals surface area (Å²) < 4.78 is 5.82. The second kappa shape index (κ2) is 8.59. The van der Waals surface area contributed by atoms with E-state index in [-0.39, 0.29) is 11.1 Å². The first-order valence-electron chi connectivity index (χ1n) is 7.10. The molecule has 0 saturated heterocycles. The topological polar surface area (TPSA) is 52.4 Å². The van der Waals surface area contributed by atoms with Gasteiger partial charge in [0.2, 0.25) is 0 Å². The lowest BCUT2D eigenvalue weighted by Crippen LogP contribution is -2.30. The molecule has 6 heteroatoms. The van der Waals surface area contributed by atoms with Gasteiger partial charge in [0.05, 0.1) is 22.6 Å². The highest BCUT2D eigenvalue weighted by molar-refractivity contribution is 9.09. The molecule has 0 spiro atoms. The molecule has 0 unspecified atom stereocenters. The molecule has 0 amide bonds. The summed E-state index contributed by atoms with van der Waals surface area (Å²) in [6.45, 7) is 4.79. The van der Waals surface area contributed by atoms with Gasteiger partial charge in [0.1, 0.15) is 5.75 Å². The lowest BCUT2D eigenvalue weighted by Gasteiger charge is -2.31. The highest BCUT2D eigenvalue weighted by atomic mass is 79.9. The Labute approximate surface area is 139 Å². The van der Waals surface area contributed by atoms with E-state index in [4.69, 9.17) is 16.3 Å². The molecule has 0 fully saturated rings. The Morgan fingerprint density at radius 3 is 2.43 bits per heavy atom. The van der Waals surface area contributed by atoms with Gasteiger partial charge in [-0.25, -0.2) is 0 Å². The molecule has 4 nitrogen and oxygen atoms in total. The number of hydrogen-bond acceptors (Lipinski definition) is 3. The highest BCUT2D eigenvalue weighted by Crippen LogP contribution is 2.35. The maximum Gasteiger partial charge on any atom is 0.273 e. The fraction of sp³-hybridized carbons (Fsp3) is 0.600. The van der Waals surface area contributed by atoms with Crippen LogP contribution in [0.2, 0.25) is 5.02 Å². The third-order valence-corrected chi connectivity index (χ3v) is 5.01. The first kappa shape index (κ1) is 18.2. The maximum atomic E-state index is 10.8. The van der Waals surface area contributed by atoms with Gasteiger partial charge in [-0.3, -0.25) is 10.1 Å². The van der Waals surface area contributed by atoms with Crippen LogP contribution in [0, 0.1) is 15.5 Å². The van der Waals surface area contributed by atoms with Crippen LogP contribution in [-0.4, -0.2) is 16.9 Å². The Bertz CT molecular complexity index is 476. The van der Waals surface area contributed by atoms with Crippen molar-refractivity contribution in [2.75, 3.05) is 11.9 Å². The average molecular weight is 379 g/mol. The van der Waals surface area contributed by atoms with Crippen molar-refractivity contribution in [3.05, 3.63) is 33.3 Å². The van der Waals surface area contributed by atoms with E-state index in [2.05, 4.69) is 29.8 Å². The Morgan fingerprint density at radius 1 is 1.33 bits per heavy atom. The van der Waals surface area contributed by atoms with Gasteiger partial charge in [-0.2, -0.15) is 0 Å². The van der Waals surface area contributed by atoms with Crippen LogP contribution in [0.25, 0.3) is 0 Å². The molecule has 0 aliphatic heterocycles. The van der Waals surface area contributed by atoms with Crippen LogP contribution < -0.4 is 4.74 Å². The van der Waals surface area contributed by atoms with E-state index in [1.54, 1.807) is 0 Å². The van der Waals surface area contributed by atoms with Crippen molar-refractivity contribution in [3.8, 4) is 5.75 Å². The van der Waals surface area contributed by atoms with Crippen molar-refractivity contribution >= 4 is 33.2 Å². The number of benzene rings is 1. The minimum absolute atomic E-state index is 0.00942. The van der Waals surface area contributed by atoms with Crippen LogP contribution in [-0.2, 0) is 0 Å². The molecule has 0 radical (unpaired) electrons. The van der Waals surface area contributed by atoms with Gasteiger partial charge in [-0.1, -0.05) is 54.2 Å². The number of ether oxygens (including phenoxy) is 1. The van der Waals surface area contributed by atoms with Gasteiger partial charge in [-0.15, -0.1) is 0 Å². The van der Waals surface area contributed by atoms with E-state index in [9.17, 15) is 10.1 Å². The summed E-state index contributed by atoms with van der Waals surface area (Å²) in [5, 5.41) is 12.1. The minimum Gasteiger partial charge on any atom is -0.491 e. The van der Waals surface area contributed by atoms with Crippen LogP contribution >= 0.6 is 27.5 Å². The van der Waals surface area contributed by atoms with Crippen LogP contribution in [0.4, 0.5) is 5.69 Å². The van der Waals surface area contributed by atoms with Crippen LogP contribution in [0.5, 0.6) is 5.75 Å². The zero-order chi connectivity index (χ0) is 15.9. The molecule has 21 heavy (non-hydrogen) atoms. The summed E-state index contributed by atoms with van der Waals surface area (Å²) in [4.78, 5) is 10.4. The zero-order valence-corrected chi connectivity index (χ0v) is 14.7. The molecule has 118 valence electrons. The number of nitro groups is 1. The lowest BCUT2D eigenvalue weighted by atomic mass is 9.82. The fourth-order valence-electron chi connectivity index (χ4n) is 2.45. The summed E-state index contributed by atoms with van der Waals surface area (Å²) >= 11 is 9.65. The average Bonchev–Trinajstić information content (AvgIpc) is 2.46. The maximum absolute atomic E-state index is 10.8. The summed E-state index contributed by atoms with van der Waals surface area (Å²) in [5.74, 6) is 0.378. The predicted octanol–water partition coefficient (Wildman–Crippen LogP) is 5.61. The molecule has 0 aliphatic carbocycles. The number of halogens is 2. The van der Waals surface area contributed by atoms with Crippen LogP contribution in [0.15, 0.2) is 18.2 Å². The second-order valence-corrected chi connectivity index (χ2v) is 6.26. The van der Waals surface area contributed by atoms with E-state index >= 15 is 0 Å². The third-order valence-electron chi connectivity index (χ3n) is 3.50. The van der Waals surface area contributed by atoms with Crippen molar-refractivity contribution in [1.29, 1.82) is 0 Å². The number of rotatable bonds is 9. The molecule has 1 rings (SSSR count). The smallest absolute Gasteiger partial charge is 0.273 e. The first-order valence-corrected chi connectivity index (χ1v) is 8.60. The van der Waals surface area contributed by atoms with E-state index in [1.165, 1.54) is 18.2 Å². The molecule has 1 aromatic rings. The number of non-ortho nitro benzene ring substituents is 1. The Balaban J connectivity index is 2.88. The van der Waals surface area contributed by atoms with E-state index in [1.807, 2.05) is 0 Å². The minimum atomic E-state index is -0.445. The zero-order valence-electron chi connectivity index (χ0n) is 12.4. The Hall–Kier alpha value is -0.810. The molecule has 0 saturated carbocycles. The van der Waals surface area contributed by atoms with Gasteiger partial charge in [-0.05, 0) is 18.9 Å². The standard InChI is InChI=1S/C15H21BrClNO3/c1-3-7-15(10-16,8-4-2)11-21-14-9-12(18(19)20)5-6-13(14)17/h5-6,9H,3-4,7-8,10-11H2,1-2H3. The molecule has 0 atom stereocenters. The molecule has 0 aromatic heterocycles. The van der Waals surface area contributed by atoms with E-state index in [0.717, 1.165) is 31.0 Å². The summed E-state index contributed by atoms with van der Waals surface area (Å²) in [7, 11) is 0. The Morgan fingerprint density at radius 2 is 1.95 bits per heavy atom. The Kier molecular flexibility index (Phi) is 7.46. The number of nitro benzene ring substituents is 1. The molecule has 0 heterocycles. The number of nitrogens with zero attached hydrogens (tertiary/aromatic N) is 1. The van der Waals surface area contributed by atoms with Gasteiger partial charge >= 0.3 is 0 Å². The normalized spacial score (nSPS) is 11.4. The van der Waals surface area contributed by atoms with Gasteiger partial charge in [0, 0.05) is 16.8 Å². The first-order chi connectivity index (χ1) is 9.98. The summed E-state index contributed by atoms with van der Waals surface area (Å²) in [6.07, 6.45) is 4.21. The predicted molar refractivity (Wildman–Crippen MR) is 89.6 cm³/mol. The molecule has 0 N–H and O–H groups in total. The molecular weight excluding hydrogens is 358 g/mol. The molecular formula is C15H21BrClNO3. The fourth-order valence-corrected chi connectivity index (χ4v) is 3.34. The quantitative estimate of drug-likeness (QED) is 0.319. The molecule has 0 aliphatic rings. The lowest BCUT2D eigenvalue weighted by molar-refractivity contribution is -0.384. The SMILES string of the molecule is CCCC(CBr)(CCC)COc1cc([N+](=O)[O-])ccc1Cl. The highest BCUT2D eigenvalue weighted by Gasteiger charge is 2.28. The van der Waals surface area contributed by atoms with Gasteiger partial charge in [0.15, 0.2) is 0 Å². The molecule has 1 aromatic carbocycles. The van der Waals surface area contributed by atoms with Gasteiger partial charge < -0.3 is 4.74 Å². The summed E-state index contributed by atoms with van der Waals surface area (Å²) in [6, 6.07) is 4.27. The van der Waals surface area contributed by atoms with Crippen LogP contribution in [0.3, 0.4) is 0 Å². The van der Waals surface area contributed by atoms with E-state index in [0.29, 0.717) is 17.4 Å². The monoisotopic (exact) mass is 377 g/mol.